The molecular weight excluding hydrogens is 443 g/mol. The van der Waals surface area contributed by atoms with Crippen molar-refractivity contribution in [3.8, 4) is 22.5 Å². The van der Waals surface area contributed by atoms with Crippen LogP contribution in [-0.4, -0.2) is 40.1 Å². The third-order valence-electron chi connectivity index (χ3n) is 6.48. The van der Waals surface area contributed by atoms with E-state index < -0.39 is 0 Å². The third-order valence-corrected chi connectivity index (χ3v) is 6.48. The van der Waals surface area contributed by atoms with Crippen LogP contribution in [0.4, 0.5) is 4.39 Å². The molecule has 0 atom stereocenters. The first-order chi connectivity index (χ1) is 17.1. The van der Waals surface area contributed by atoms with E-state index in [2.05, 4.69) is 20.4 Å². The van der Waals surface area contributed by atoms with Crippen molar-refractivity contribution in [2.24, 2.45) is 0 Å². The number of benzene rings is 2. The molecule has 178 valence electrons. The van der Waals surface area contributed by atoms with Gasteiger partial charge < -0.3 is 9.84 Å². The number of nitrogens with one attached hydrogen (secondary N) is 1. The Morgan fingerprint density at radius 2 is 1.83 bits per heavy atom. The molecule has 1 saturated heterocycles. The summed E-state index contributed by atoms with van der Waals surface area (Å²) in [5.41, 5.74) is 4.88. The number of carbonyl (C=O) groups is 1. The van der Waals surface area contributed by atoms with Gasteiger partial charge in [0.25, 0.3) is 5.91 Å². The summed E-state index contributed by atoms with van der Waals surface area (Å²) in [4.78, 5) is 19.5. The molecular formula is C28H27FN4O2. The lowest BCUT2D eigenvalue weighted by atomic mass is 10.0. The number of aryl methyl sites for hydroxylation is 1. The molecule has 35 heavy (non-hydrogen) atoms. The van der Waals surface area contributed by atoms with Crippen molar-refractivity contribution in [3.05, 3.63) is 95.6 Å². The summed E-state index contributed by atoms with van der Waals surface area (Å²) < 4.78 is 19.0. The second kappa shape index (κ2) is 10.2. The van der Waals surface area contributed by atoms with E-state index in [4.69, 9.17) is 4.52 Å². The smallest absolute Gasteiger partial charge is 0.253 e. The van der Waals surface area contributed by atoms with Crippen molar-refractivity contribution in [1.29, 1.82) is 0 Å². The predicted molar refractivity (Wildman–Crippen MR) is 132 cm³/mol. The summed E-state index contributed by atoms with van der Waals surface area (Å²) in [7, 11) is 0. The van der Waals surface area contributed by atoms with Crippen LogP contribution in [0.3, 0.4) is 0 Å². The van der Waals surface area contributed by atoms with Crippen LogP contribution in [-0.2, 0) is 6.54 Å². The van der Waals surface area contributed by atoms with Crippen molar-refractivity contribution in [2.45, 2.75) is 32.4 Å². The van der Waals surface area contributed by atoms with E-state index in [9.17, 15) is 9.18 Å². The summed E-state index contributed by atoms with van der Waals surface area (Å²) in [6, 6.07) is 19.9. The van der Waals surface area contributed by atoms with Gasteiger partial charge in [0.15, 0.2) is 0 Å². The van der Waals surface area contributed by atoms with Gasteiger partial charge in [-0.1, -0.05) is 47.6 Å². The van der Waals surface area contributed by atoms with Crippen molar-refractivity contribution in [1.82, 2.24) is 20.4 Å². The molecule has 5 rings (SSSR count). The summed E-state index contributed by atoms with van der Waals surface area (Å²) >= 11 is 0. The van der Waals surface area contributed by atoms with E-state index in [1.165, 1.54) is 12.1 Å². The van der Waals surface area contributed by atoms with Crippen LogP contribution in [0, 0.1) is 12.7 Å². The lowest BCUT2D eigenvalue weighted by molar-refractivity contribution is 0.0908. The second-order valence-corrected chi connectivity index (χ2v) is 8.90. The minimum absolute atomic E-state index is 0.110. The monoisotopic (exact) mass is 470 g/mol. The molecule has 0 saturated carbocycles. The molecule has 4 aromatic rings. The zero-order valence-electron chi connectivity index (χ0n) is 19.6. The van der Waals surface area contributed by atoms with Crippen LogP contribution in [0.5, 0.6) is 0 Å². The standard InChI is InChI=1S/C28H27FN4O2/c1-19-25(27(32-35-19)20-6-3-2-4-7-20)18-33-14-12-24(13-15-33)31-28(34)22-10-11-26(30-17-22)21-8-5-9-23(29)16-21/h2-11,16-17,24H,12-15,18H2,1H3,(H,31,34). The van der Waals surface area contributed by atoms with Gasteiger partial charge in [0.1, 0.15) is 17.3 Å². The highest BCUT2D eigenvalue weighted by atomic mass is 19.1. The summed E-state index contributed by atoms with van der Waals surface area (Å²) in [5.74, 6) is 0.393. The first-order valence-corrected chi connectivity index (χ1v) is 11.8. The highest BCUT2D eigenvalue weighted by Gasteiger charge is 2.24. The lowest BCUT2D eigenvalue weighted by Gasteiger charge is -2.32. The molecule has 1 fully saturated rings. The Morgan fingerprint density at radius 1 is 1.06 bits per heavy atom. The number of piperidine rings is 1. The molecule has 0 aliphatic carbocycles. The number of hydrogen-bond acceptors (Lipinski definition) is 5. The van der Waals surface area contributed by atoms with E-state index >= 15 is 0 Å². The fourth-order valence-corrected chi connectivity index (χ4v) is 4.47. The Bertz CT molecular complexity index is 1300. The minimum atomic E-state index is -0.312. The maximum absolute atomic E-state index is 13.5. The van der Waals surface area contributed by atoms with E-state index in [-0.39, 0.29) is 17.8 Å². The third kappa shape index (κ3) is 5.30. The van der Waals surface area contributed by atoms with Gasteiger partial charge >= 0.3 is 0 Å². The molecule has 7 heteroatoms. The summed E-state index contributed by atoms with van der Waals surface area (Å²) in [6.07, 6.45) is 3.28. The highest BCUT2D eigenvalue weighted by Crippen LogP contribution is 2.27. The number of carbonyl (C=O) groups excluding carboxylic acids is 1. The Kier molecular flexibility index (Phi) is 6.68. The SMILES string of the molecule is Cc1onc(-c2ccccc2)c1CN1CCC(NC(=O)c2ccc(-c3cccc(F)c3)nc2)CC1. The molecule has 0 radical (unpaired) electrons. The number of likely N-dealkylation sites (tertiary alicyclic amines) is 1. The van der Waals surface area contributed by atoms with E-state index in [0.29, 0.717) is 16.8 Å². The Morgan fingerprint density at radius 3 is 2.54 bits per heavy atom. The van der Waals surface area contributed by atoms with Gasteiger partial charge in [-0.25, -0.2) is 4.39 Å². The van der Waals surface area contributed by atoms with E-state index in [1.54, 1.807) is 30.5 Å². The number of rotatable bonds is 6. The predicted octanol–water partition coefficient (Wildman–Crippen LogP) is 5.25. The maximum atomic E-state index is 13.5. The molecule has 2 aromatic carbocycles. The molecule has 6 nitrogen and oxygen atoms in total. The van der Waals surface area contributed by atoms with E-state index in [1.807, 2.05) is 37.3 Å². The first kappa shape index (κ1) is 22.9. The van der Waals surface area contributed by atoms with Crippen molar-refractivity contribution in [3.63, 3.8) is 0 Å². The molecule has 1 aliphatic heterocycles. The van der Waals surface area contributed by atoms with Crippen molar-refractivity contribution in [2.75, 3.05) is 13.1 Å². The molecule has 1 amide bonds. The first-order valence-electron chi connectivity index (χ1n) is 11.8. The van der Waals surface area contributed by atoms with Gasteiger partial charge in [0.05, 0.1) is 11.3 Å². The van der Waals surface area contributed by atoms with Gasteiger partial charge in [-0.05, 0) is 44.0 Å². The highest BCUT2D eigenvalue weighted by molar-refractivity contribution is 5.94. The van der Waals surface area contributed by atoms with Crippen LogP contribution in [0.15, 0.2) is 77.4 Å². The number of halogens is 1. The quantitative estimate of drug-likeness (QED) is 0.417. The van der Waals surface area contributed by atoms with Crippen molar-refractivity contribution >= 4 is 5.91 Å². The van der Waals surface area contributed by atoms with Crippen LogP contribution >= 0.6 is 0 Å². The van der Waals surface area contributed by atoms with Gasteiger partial charge in [0, 0.05) is 48.6 Å². The number of aromatic nitrogens is 2. The van der Waals surface area contributed by atoms with Gasteiger partial charge in [0.2, 0.25) is 0 Å². The average molecular weight is 471 g/mol. The zero-order valence-corrected chi connectivity index (χ0v) is 19.6. The van der Waals surface area contributed by atoms with Crippen LogP contribution in [0.1, 0.15) is 34.5 Å². The van der Waals surface area contributed by atoms with Crippen molar-refractivity contribution < 1.29 is 13.7 Å². The molecule has 1 N–H and O–H groups in total. The second-order valence-electron chi connectivity index (χ2n) is 8.90. The molecule has 2 aromatic heterocycles. The molecule has 0 bridgehead atoms. The van der Waals surface area contributed by atoms with E-state index in [0.717, 1.165) is 55.1 Å². The Hall–Kier alpha value is -3.84. The molecule has 0 unspecified atom stereocenters. The Balaban J connectivity index is 1.16. The fourth-order valence-electron chi connectivity index (χ4n) is 4.47. The molecule has 0 spiro atoms. The van der Waals surface area contributed by atoms with Gasteiger partial charge in [-0.2, -0.15) is 0 Å². The Labute approximate surface area is 203 Å². The fraction of sp³-hybridized carbons (Fsp3) is 0.250. The molecule has 1 aliphatic rings. The lowest BCUT2D eigenvalue weighted by Crippen LogP contribution is -2.44. The van der Waals surface area contributed by atoms with Gasteiger partial charge in [-0.3, -0.25) is 14.7 Å². The normalized spacial score (nSPS) is 14.7. The topological polar surface area (TPSA) is 71.3 Å². The minimum Gasteiger partial charge on any atom is -0.361 e. The maximum Gasteiger partial charge on any atom is 0.253 e. The van der Waals surface area contributed by atoms with Crippen LogP contribution < -0.4 is 5.32 Å². The van der Waals surface area contributed by atoms with Crippen LogP contribution in [0.25, 0.3) is 22.5 Å². The number of amides is 1. The van der Waals surface area contributed by atoms with Crippen LogP contribution in [0.2, 0.25) is 0 Å². The number of nitrogens with zero attached hydrogens (tertiary/aromatic N) is 3. The average Bonchev–Trinajstić information content (AvgIpc) is 3.25. The summed E-state index contributed by atoms with van der Waals surface area (Å²) in [5, 5.41) is 7.42. The largest absolute Gasteiger partial charge is 0.361 e. The van der Waals surface area contributed by atoms with Gasteiger partial charge in [-0.15, -0.1) is 0 Å². The zero-order chi connectivity index (χ0) is 24.2. The number of hydrogen-bond donors (Lipinski definition) is 1. The number of pyridine rings is 1. The summed E-state index contributed by atoms with van der Waals surface area (Å²) in [6.45, 7) is 4.47. The molecule has 3 heterocycles.